The smallest absolute Gasteiger partial charge is 0.228 e. The minimum absolute atomic E-state index is 0.0294. The Morgan fingerprint density at radius 1 is 1.56 bits per heavy atom. The van der Waals surface area contributed by atoms with Gasteiger partial charge in [0.25, 0.3) is 0 Å². The summed E-state index contributed by atoms with van der Waals surface area (Å²) in [6.45, 7) is 2.96. The molecule has 0 saturated carbocycles. The number of primary amides is 1. The van der Waals surface area contributed by atoms with Crippen molar-refractivity contribution >= 4 is 11.8 Å². The van der Waals surface area contributed by atoms with Crippen LogP contribution < -0.4 is 5.73 Å². The first kappa shape index (κ1) is 12.6. The van der Waals surface area contributed by atoms with E-state index in [0.717, 1.165) is 11.4 Å². The zero-order valence-corrected chi connectivity index (χ0v) is 10.7. The van der Waals surface area contributed by atoms with Crippen LogP contribution in [0.25, 0.3) is 0 Å². The number of rotatable bonds is 3. The molecule has 2 heterocycles. The summed E-state index contributed by atoms with van der Waals surface area (Å²) in [6.07, 6.45) is 0.994. The Hall–Kier alpha value is -1.85. The van der Waals surface area contributed by atoms with E-state index >= 15 is 0 Å². The van der Waals surface area contributed by atoms with Crippen molar-refractivity contribution in [3.05, 3.63) is 17.5 Å². The van der Waals surface area contributed by atoms with Gasteiger partial charge in [0.2, 0.25) is 11.8 Å². The molecule has 1 unspecified atom stereocenters. The molecule has 2 N–H and O–H groups in total. The number of hydrogen-bond donors (Lipinski definition) is 1. The maximum absolute atomic E-state index is 12.1. The van der Waals surface area contributed by atoms with Gasteiger partial charge in [-0.15, -0.1) is 0 Å². The molecule has 1 aromatic rings. The number of aromatic nitrogens is 2. The minimum atomic E-state index is -0.318. The molecule has 1 saturated heterocycles. The molecular weight excluding hydrogens is 232 g/mol. The van der Waals surface area contributed by atoms with Crippen molar-refractivity contribution in [2.24, 2.45) is 18.7 Å². The van der Waals surface area contributed by atoms with Gasteiger partial charge in [0, 0.05) is 25.8 Å². The second-order valence-corrected chi connectivity index (χ2v) is 4.81. The predicted octanol–water partition coefficient (Wildman–Crippen LogP) is -0.395. The van der Waals surface area contributed by atoms with E-state index in [-0.39, 0.29) is 17.7 Å². The Balaban J connectivity index is 1.97. The van der Waals surface area contributed by atoms with E-state index < -0.39 is 0 Å². The van der Waals surface area contributed by atoms with Crippen LogP contribution in [-0.4, -0.2) is 39.6 Å². The highest BCUT2D eigenvalue weighted by molar-refractivity contribution is 5.82. The monoisotopic (exact) mass is 250 g/mol. The normalized spacial score (nSPS) is 19.2. The number of carbonyl (C=O) groups is 2. The van der Waals surface area contributed by atoms with Crippen molar-refractivity contribution in [3.63, 3.8) is 0 Å². The van der Waals surface area contributed by atoms with E-state index in [4.69, 9.17) is 5.73 Å². The topological polar surface area (TPSA) is 81.2 Å². The molecule has 1 atom stereocenters. The molecule has 98 valence electrons. The summed E-state index contributed by atoms with van der Waals surface area (Å²) in [6, 6.07) is 1.90. The van der Waals surface area contributed by atoms with Crippen LogP contribution in [0.1, 0.15) is 17.8 Å². The fourth-order valence-electron chi connectivity index (χ4n) is 2.32. The number of nitrogens with two attached hydrogens (primary N) is 1. The van der Waals surface area contributed by atoms with Gasteiger partial charge in [-0.3, -0.25) is 14.3 Å². The number of hydrogen-bond acceptors (Lipinski definition) is 3. The third kappa shape index (κ3) is 2.52. The lowest BCUT2D eigenvalue weighted by Gasteiger charge is -2.15. The molecule has 0 aliphatic carbocycles. The lowest BCUT2D eigenvalue weighted by molar-refractivity contribution is -0.129. The third-order valence-electron chi connectivity index (χ3n) is 3.37. The first-order valence-corrected chi connectivity index (χ1v) is 6.04. The van der Waals surface area contributed by atoms with Crippen LogP contribution in [0.15, 0.2) is 6.07 Å². The third-order valence-corrected chi connectivity index (χ3v) is 3.37. The first-order valence-electron chi connectivity index (χ1n) is 6.04. The molecule has 2 amide bonds. The Morgan fingerprint density at radius 2 is 2.28 bits per heavy atom. The van der Waals surface area contributed by atoms with Gasteiger partial charge in [-0.05, 0) is 19.4 Å². The van der Waals surface area contributed by atoms with E-state index in [2.05, 4.69) is 5.10 Å². The average molecular weight is 250 g/mol. The lowest BCUT2D eigenvalue weighted by atomic mass is 10.1. The molecule has 1 fully saturated rings. The fourth-order valence-corrected chi connectivity index (χ4v) is 2.32. The van der Waals surface area contributed by atoms with Gasteiger partial charge in [0.15, 0.2) is 0 Å². The summed E-state index contributed by atoms with van der Waals surface area (Å²) in [5.74, 6) is -0.481. The van der Waals surface area contributed by atoms with Crippen molar-refractivity contribution < 1.29 is 9.59 Å². The van der Waals surface area contributed by atoms with E-state index in [0.29, 0.717) is 25.9 Å². The number of carbonyl (C=O) groups excluding carboxylic acids is 2. The highest BCUT2D eigenvalue weighted by Crippen LogP contribution is 2.17. The van der Waals surface area contributed by atoms with Gasteiger partial charge in [0.1, 0.15) is 0 Å². The summed E-state index contributed by atoms with van der Waals surface area (Å²) in [7, 11) is 1.83. The molecule has 1 aliphatic rings. The second kappa shape index (κ2) is 4.80. The zero-order valence-electron chi connectivity index (χ0n) is 10.7. The van der Waals surface area contributed by atoms with Crippen molar-refractivity contribution in [2.75, 3.05) is 13.1 Å². The molecule has 18 heavy (non-hydrogen) atoms. The minimum Gasteiger partial charge on any atom is -0.369 e. The Kier molecular flexibility index (Phi) is 3.36. The standard InChI is InChI=1S/C12H18N4O2/c1-8-5-10(15(2)14-8)6-11(17)16-4-3-9(7-16)12(13)18/h5,9H,3-4,6-7H2,1-2H3,(H2,13,18). The molecule has 2 rings (SSSR count). The molecule has 0 bridgehead atoms. The molecule has 1 aromatic heterocycles. The summed E-state index contributed by atoms with van der Waals surface area (Å²) in [5.41, 5.74) is 7.04. The Morgan fingerprint density at radius 3 is 2.78 bits per heavy atom. The van der Waals surface area contributed by atoms with E-state index in [9.17, 15) is 9.59 Å². The second-order valence-electron chi connectivity index (χ2n) is 4.81. The average Bonchev–Trinajstić information content (AvgIpc) is 2.86. The summed E-state index contributed by atoms with van der Waals surface area (Å²) in [5, 5.41) is 4.21. The van der Waals surface area contributed by atoms with Crippen molar-refractivity contribution in [1.29, 1.82) is 0 Å². The highest BCUT2D eigenvalue weighted by Gasteiger charge is 2.29. The SMILES string of the molecule is Cc1cc(CC(=O)N2CCC(C(N)=O)C2)n(C)n1. The van der Waals surface area contributed by atoms with Crippen LogP contribution in [0.4, 0.5) is 0 Å². The summed E-state index contributed by atoms with van der Waals surface area (Å²) in [4.78, 5) is 24.8. The van der Waals surface area contributed by atoms with Crippen molar-refractivity contribution in [1.82, 2.24) is 14.7 Å². The molecule has 0 radical (unpaired) electrons. The molecule has 0 spiro atoms. The Bertz CT molecular complexity index is 480. The number of likely N-dealkylation sites (tertiary alicyclic amines) is 1. The summed E-state index contributed by atoms with van der Waals surface area (Å²) >= 11 is 0. The first-order chi connectivity index (χ1) is 8.47. The number of amides is 2. The van der Waals surface area contributed by atoms with Gasteiger partial charge in [-0.2, -0.15) is 5.10 Å². The lowest BCUT2D eigenvalue weighted by Crippen LogP contribution is -2.33. The molecule has 0 aromatic carbocycles. The van der Waals surface area contributed by atoms with Gasteiger partial charge in [-0.1, -0.05) is 0 Å². The van der Waals surface area contributed by atoms with Crippen LogP contribution >= 0.6 is 0 Å². The Labute approximate surface area is 106 Å². The molecule has 6 nitrogen and oxygen atoms in total. The number of aryl methyl sites for hydroxylation is 2. The van der Waals surface area contributed by atoms with Crippen LogP contribution in [0, 0.1) is 12.8 Å². The van der Waals surface area contributed by atoms with Gasteiger partial charge < -0.3 is 10.6 Å². The largest absolute Gasteiger partial charge is 0.369 e. The highest BCUT2D eigenvalue weighted by atomic mass is 16.2. The van der Waals surface area contributed by atoms with Crippen LogP contribution in [0.2, 0.25) is 0 Å². The number of nitrogens with zero attached hydrogens (tertiary/aromatic N) is 3. The quantitative estimate of drug-likeness (QED) is 0.793. The maximum Gasteiger partial charge on any atom is 0.228 e. The maximum atomic E-state index is 12.1. The van der Waals surface area contributed by atoms with E-state index in [1.165, 1.54) is 0 Å². The van der Waals surface area contributed by atoms with Crippen LogP contribution in [-0.2, 0) is 23.1 Å². The van der Waals surface area contributed by atoms with E-state index in [1.807, 2.05) is 20.0 Å². The fraction of sp³-hybridized carbons (Fsp3) is 0.583. The van der Waals surface area contributed by atoms with Crippen LogP contribution in [0.5, 0.6) is 0 Å². The molecular formula is C12H18N4O2. The van der Waals surface area contributed by atoms with Gasteiger partial charge >= 0.3 is 0 Å². The molecule has 6 heteroatoms. The molecule has 1 aliphatic heterocycles. The zero-order chi connectivity index (χ0) is 13.3. The van der Waals surface area contributed by atoms with Crippen molar-refractivity contribution in [2.45, 2.75) is 19.8 Å². The van der Waals surface area contributed by atoms with Crippen LogP contribution in [0.3, 0.4) is 0 Å². The van der Waals surface area contributed by atoms with E-state index in [1.54, 1.807) is 9.58 Å². The predicted molar refractivity (Wildman–Crippen MR) is 65.5 cm³/mol. The van der Waals surface area contributed by atoms with Crippen molar-refractivity contribution in [3.8, 4) is 0 Å². The van der Waals surface area contributed by atoms with Gasteiger partial charge in [-0.25, -0.2) is 0 Å². The van der Waals surface area contributed by atoms with Gasteiger partial charge in [0.05, 0.1) is 18.0 Å². The summed E-state index contributed by atoms with van der Waals surface area (Å²) < 4.78 is 1.72.